The van der Waals surface area contributed by atoms with Crippen LogP contribution in [0, 0.1) is 11.8 Å². The van der Waals surface area contributed by atoms with E-state index in [-0.39, 0.29) is 46.1 Å². The van der Waals surface area contributed by atoms with Gasteiger partial charge in [-0.15, -0.1) is 0 Å². The van der Waals surface area contributed by atoms with Gasteiger partial charge in [-0.3, -0.25) is 14.3 Å². The number of H-pyrrole nitrogens is 1. The molecule has 0 unspecified atom stereocenters. The van der Waals surface area contributed by atoms with Gasteiger partial charge < -0.3 is 19.5 Å². The van der Waals surface area contributed by atoms with Crippen LogP contribution in [0.4, 0.5) is 5.95 Å². The lowest BCUT2D eigenvalue weighted by atomic mass is 9.77. The van der Waals surface area contributed by atoms with Crippen molar-refractivity contribution in [1.29, 1.82) is 0 Å². The summed E-state index contributed by atoms with van der Waals surface area (Å²) in [6.45, 7) is 11.0. The molecule has 0 spiro atoms. The van der Waals surface area contributed by atoms with Crippen molar-refractivity contribution < 1.29 is 13.8 Å². The lowest BCUT2D eigenvalue weighted by Crippen LogP contribution is -2.39. The quantitative estimate of drug-likeness (QED) is 0.451. The molecule has 3 N–H and O–H groups in total. The standard InChI is InChI=1S/C21H30N5O4PS2/c1-11(2)13-5-6-21(4)15(8-13)30-31(32,33-21)28-9-14-12(3)7-16(29-14)26-10-23-17-18(26)24-20(22)25-19(17)27/h10,12-16H,1,5-9H2,2-4H3,(H3,22,24,25,27)/t12-,13-,14+,15+,16+,21+,31+/m0/s1. The van der Waals surface area contributed by atoms with Crippen molar-refractivity contribution in [1.82, 2.24) is 19.5 Å². The summed E-state index contributed by atoms with van der Waals surface area (Å²) in [5, 5.41) is 0. The van der Waals surface area contributed by atoms with Crippen molar-refractivity contribution in [3.8, 4) is 0 Å². The minimum atomic E-state index is -2.46. The molecule has 3 aliphatic rings. The van der Waals surface area contributed by atoms with Gasteiger partial charge in [-0.05, 0) is 63.2 Å². The zero-order valence-corrected chi connectivity index (χ0v) is 21.5. The second-order valence-electron chi connectivity index (χ2n) is 9.68. The Bertz CT molecular complexity index is 1200. The summed E-state index contributed by atoms with van der Waals surface area (Å²) in [7, 11) is 0. The minimum Gasteiger partial charge on any atom is -0.369 e. The van der Waals surface area contributed by atoms with E-state index in [1.807, 2.05) is 0 Å². The summed E-state index contributed by atoms with van der Waals surface area (Å²) in [5.74, 6) is 0.771. The molecule has 5 rings (SSSR count). The Hall–Kier alpha value is -1.23. The number of nitrogens with one attached hydrogen (secondary N) is 1. The summed E-state index contributed by atoms with van der Waals surface area (Å²) in [6, 6.07) is 0. The molecule has 180 valence electrons. The van der Waals surface area contributed by atoms with Gasteiger partial charge in [-0.25, -0.2) is 4.98 Å². The first-order valence-corrected chi connectivity index (χ1v) is 15.3. The predicted molar refractivity (Wildman–Crippen MR) is 134 cm³/mol. The van der Waals surface area contributed by atoms with Crippen molar-refractivity contribution >= 4 is 46.0 Å². The lowest BCUT2D eigenvalue weighted by Gasteiger charge is -2.37. The zero-order chi connectivity index (χ0) is 23.5. The van der Waals surface area contributed by atoms with E-state index in [9.17, 15) is 4.79 Å². The normalized spacial score (nSPS) is 38.6. The number of allylic oxidation sites excluding steroid dienone is 1. The molecule has 2 saturated heterocycles. The van der Waals surface area contributed by atoms with Gasteiger partial charge in [0.2, 0.25) is 11.6 Å². The fourth-order valence-electron chi connectivity index (χ4n) is 5.01. The van der Waals surface area contributed by atoms with Crippen LogP contribution in [0.15, 0.2) is 23.3 Å². The van der Waals surface area contributed by atoms with E-state index in [2.05, 4.69) is 42.3 Å². The Morgan fingerprint density at radius 3 is 3.09 bits per heavy atom. The maximum Gasteiger partial charge on any atom is 0.280 e. The molecule has 7 atom stereocenters. The first-order valence-electron chi connectivity index (χ1n) is 11.2. The van der Waals surface area contributed by atoms with Crippen molar-refractivity contribution in [2.75, 3.05) is 12.3 Å². The molecule has 1 saturated carbocycles. The van der Waals surface area contributed by atoms with Crippen LogP contribution in [0.3, 0.4) is 0 Å². The van der Waals surface area contributed by atoms with Crippen molar-refractivity contribution in [2.45, 2.75) is 69.6 Å². The molecule has 2 aromatic rings. The smallest absolute Gasteiger partial charge is 0.280 e. The molecule has 2 aromatic heterocycles. The van der Waals surface area contributed by atoms with Crippen LogP contribution in [-0.4, -0.2) is 43.1 Å². The predicted octanol–water partition coefficient (Wildman–Crippen LogP) is 4.13. The van der Waals surface area contributed by atoms with Crippen molar-refractivity contribution in [2.24, 2.45) is 11.8 Å². The fraction of sp³-hybridized carbons (Fsp3) is 0.667. The van der Waals surface area contributed by atoms with Gasteiger partial charge in [-0.2, -0.15) is 4.98 Å². The molecule has 4 heterocycles. The van der Waals surface area contributed by atoms with E-state index in [1.54, 1.807) is 22.3 Å². The topological polar surface area (TPSA) is 117 Å². The molecule has 33 heavy (non-hydrogen) atoms. The van der Waals surface area contributed by atoms with Crippen LogP contribution in [0.2, 0.25) is 0 Å². The third-order valence-electron chi connectivity index (χ3n) is 7.14. The number of aromatic nitrogens is 4. The highest BCUT2D eigenvalue weighted by atomic mass is 32.9. The van der Waals surface area contributed by atoms with Crippen LogP contribution in [-0.2, 0) is 25.6 Å². The number of hydrogen-bond acceptors (Lipinski definition) is 9. The Balaban J connectivity index is 1.26. The van der Waals surface area contributed by atoms with Crippen molar-refractivity contribution in [3.05, 3.63) is 28.8 Å². The fourth-order valence-corrected chi connectivity index (χ4v) is 12.1. The van der Waals surface area contributed by atoms with E-state index in [0.29, 0.717) is 18.2 Å². The minimum absolute atomic E-state index is 0.000539. The van der Waals surface area contributed by atoms with Crippen LogP contribution in [0.1, 0.15) is 52.7 Å². The van der Waals surface area contributed by atoms with Crippen LogP contribution < -0.4 is 11.3 Å². The van der Waals surface area contributed by atoms with E-state index in [4.69, 9.17) is 31.3 Å². The Morgan fingerprint density at radius 2 is 2.33 bits per heavy atom. The number of imidazole rings is 1. The summed E-state index contributed by atoms with van der Waals surface area (Å²) in [4.78, 5) is 23.0. The summed E-state index contributed by atoms with van der Waals surface area (Å²) < 4.78 is 20.8. The van der Waals surface area contributed by atoms with Gasteiger partial charge in [0.05, 0.1) is 25.1 Å². The molecule has 2 aliphatic heterocycles. The average molecular weight is 512 g/mol. The van der Waals surface area contributed by atoms with Gasteiger partial charge in [0, 0.05) is 4.75 Å². The number of ether oxygens (including phenoxy) is 1. The highest BCUT2D eigenvalue weighted by molar-refractivity contribution is 8.68. The van der Waals surface area contributed by atoms with Gasteiger partial charge >= 0.3 is 0 Å². The number of hydrogen-bond donors (Lipinski definition) is 2. The number of nitrogens with two attached hydrogens (primary N) is 1. The molecular formula is C21H30N5O4PS2. The van der Waals surface area contributed by atoms with Gasteiger partial charge in [0.25, 0.3) is 5.56 Å². The molecule has 0 amide bonds. The molecule has 9 nitrogen and oxygen atoms in total. The SMILES string of the molecule is C=C(C)[C@H]1CC[C@@]2(C)S[P@](=S)(OC[C@H]3O[C@@H](n4cnc5c(=O)[nH]c(N)nc54)C[C@@H]3C)O[C@@H]2C1. The molecule has 0 aromatic carbocycles. The summed E-state index contributed by atoms with van der Waals surface area (Å²) >= 11 is 7.63. The van der Waals surface area contributed by atoms with E-state index >= 15 is 0 Å². The number of rotatable bonds is 5. The molecule has 0 radical (unpaired) electrons. The van der Waals surface area contributed by atoms with E-state index in [0.717, 1.165) is 25.7 Å². The van der Waals surface area contributed by atoms with Gasteiger partial charge in [0.15, 0.2) is 11.2 Å². The zero-order valence-electron chi connectivity index (χ0n) is 19.0. The van der Waals surface area contributed by atoms with Gasteiger partial charge in [-0.1, -0.05) is 30.5 Å². The largest absolute Gasteiger partial charge is 0.369 e. The molecule has 12 heteroatoms. The third-order valence-corrected chi connectivity index (χ3v) is 13.0. The number of anilines is 1. The Kier molecular flexibility index (Phi) is 6.03. The number of nitrogen functional groups attached to an aromatic ring is 1. The average Bonchev–Trinajstić information content (AvgIpc) is 3.38. The first-order chi connectivity index (χ1) is 15.6. The Labute approximate surface area is 201 Å². The number of nitrogens with zero attached hydrogens (tertiary/aromatic N) is 3. The first kappa shape index (κ1) is 23.5. The second-order valence-corrected chi connectivity index (χ2v) is 16.3. The molecular weight excluding hydrogens is 481 g/mol. The monoisotopic (exact) mass is 511 g/mol. The van der Waals surface area contributed by atoms with Crippen LogP contribution in [0.5, 0.6) is 0 Å². The van der Waals surface area contributed by atoms with Crippen LogP contribution >= 0.6 is 17.1 Å². The Morgan fingerprint density at radius 1 is 1.55 bits per heavy atom. The second kappa shape index (κ2) is 8.46. The van der Waals surface area contributed by atoms with Gasteiger partial charge in [0.1, 0.15) is 6.23 Å². The molecule has 3 fully saturated rings. The lowest BCUT2D eigenvalue weighted by molar-refractivity contribution is -0.0236. The highest BCUT2D eigenvalue weighted by Crippen LogP contribution is 2.75. The maximum atomic E-state index is 12.1. The number of fused-ring (bicyclic) bond motifs is 2. The van der Waals surface area contributed by atoms with E-state index in [1.165, 1.54) is 5.57 Å². The maximum absolute atomic E-state index is 12.1. The van der Waals surface area contributed by atoms with Crippen molar-refractivity contribution in [3.63, 3.8) is 0 Å². The summed E-state index contributed by atoms with van der Waals surface area (Å²) in [5.41, 5.74) is 4.78. The third kappa shape index (κ3) is 4.32. The number of aromatic amines is 1. The molecule has 1 aliphatic carbocycles. The molecule has 0 bridgehead atoms. The summed E-state index contributed by atoms with van der Waals surface area (Å²) in [6.07, 6.45) is 5.11. The highest BCUT2D eigenvalue weighted by Gasteiger charge is 2.53. The van der Waals surface area contributed by atoms with E-state index < -0.39 is 5.69 Å². The van der Waals surface area contributed by atoms with Crippen LogP contribution in [0.25, 0.3) is 11.2 Å².